The van der Waals surface area contributed by atoms with Crippen LogP contribution in [0.3, 0.4) is 0 Å². The highest BCUT2D eigenvalue weighted by Gasteiger charge is 2.35. The molecule has 1 aromatic carbocycles. The quantitative estimate of drug-likeness (QED) is 0.632. The van der Waals surface area contributed by atoms with E-state index in [1.807, 2.05) is 0 Å². The Bertz CT molecular complexity index is 674. The Morgan fingerprint density at radius 1 is 1.29 bits per heavy atom. The first kappa shape index (κ1) is 15.2. The summed E-state index contributed by atoms with van der Waals surface area (Å²) in [6, 6.07) is 3.22. The minimum absolute atomic E-state index is 0.0789. The highest BCUT2D eigenvalue weighted by Crippen LogP contribution is 2.33. The van der Waals surface area contributed by atoms with Crippen LogP contribution in [0, 0.1) is 5.82 Å². The van der Waals surface area contributed by atoms with E-state index in [4.69, 9.17) is 0 Å². The summed E-state index contributed by atoms with van der Waals surface area (Å²) in [6.45, 7) is 3.34. The number of aromatic nitrogens is 2. The number of halogens is 4. The van der Waals surface area contributed by atoms with Crippen LogP contribution in [0.5, 0.6) is 0 Å². The van der Waals surface area contributed by atoms with Crippen LogP contribution in [0.25, 0.3) is 11.4 Å². The van der Waals surface area contributed by atoms with Gasteiger partial charge < -0.3 is 4.57 Å². The first-order valence-corrected chi connectivity index (χ1v) is 6.15. The molecular weight excluding hydrogens is 288 g/mol. The maximum atomic E-state index is 14.0. The van der Waals surface area contributed by atoms with Crippen LogP contribution in [0.1, 0.15) is 35.9 Å². The van der Waals surface area contributed by atoms with Crippen molar-refractivity contribution in [3.8, 4) is 11.4 Å². The van der Waals surface area contributed by atoms with Crippen molar-refractivity contribution in [3.05, 3.63) is 41.5 Å². The second-order valence-electron chi connectivity index (χ2n) is 4.81. The SMILES string of the molecule is CC(C)n1cc(C(F)(F)F)nc1-c1ccc(C=O)cc1F. The second-order valence-corrected chi connectivity index (χ2v) is 4.81. The van der Waals surface area contributed by atoms with Crippen molar-refractivity contribution >= 4 is 6.29 Å². The number of carbonyl (C=O) groups is 1. The molecule has 0 spiro atoms. The number of benzene rings is 1. The van der Waals surface area contributed by atoms with Gasteiger partial charge in [0.05, 0.1) is 5.56 Å². The van der Waals surface area contributed by atoms with Crippen LogP contribution in [-0.4, -0.2) is 15.8 Å². The molecular formula is C14H12F4N2O. The van der Waals surface area contributed by atoms with Crippen LogP contribution in [0.2, 0.25) is 0 Å². The topological polar surface area (TPSA) is 34.9 Å². The fraction of sp³-hybridized carbons (Fsp3) is 0.286. The summed E-state index contributed by atoms with van der Waals surface area (Å²) in [5.74, 6) is -0.909. The molecule has 21 heavy (non-hydrogen) atoms. The smallest absolute Gasteiger partial charge is 0.328 e. The van der Waals surface area contributed by atoms with Crippen molar-refractivity contribution in [1.29, 1.82) is 0 Å². The fourth-order valence-corrected chi connectivity index (χ4v) is 1.91. The Morgan fingerprint density at radius 2 is 1.95 bits per heavy atom. The molecule has 3 nitrogen and oxygen atoms in total. The monoisotopic (exact) mass is 300 g/mol. The molecule has 0 bridgehead atoms. The maximum absolute atomic E-state index is 14.0. The van der Waals surface area contributed by atoms with E-state index in [0.29, 0.717) is 6.29 Å². The van der Waals surface area contributed by atoms with Gasteiger partial charge in [0.25, 0.3) is 0 Å². The number of hydrogen-bond donors (Lipinski definition) is 0. The number of rotatable bonds is 3. The third-order valence-corrected chi connectivity index (χ3v) is 2.95. The molecule has 7 heteroatoms. The van der Waals surface area contributed by atoms with E-state index in [1.54, 1.807) is 13.8 Å². The molecule has 0 aliphatic rings. The molecule has 0 radical (unpaired) electrons. The van der Waals surface area contributed by atoms with E-state index in [9.17, 15) is 22.4 Å². The van der Waals surface area contributed by atoms with E-state index in [1.165, 1.54) is 16.7 Å². The molecule has 2 rings (SSSR count). The molecule has 0 amide bonds. The number of imidazole rings is 1. The summed E-state index contributed by atoms with van der Waals surface area (Å²) in [5, 5.41) is 0. The van der Waals surface area contributed by atoms with E-state index in [0.717, 1.165) is 12.3 Å². The van der Waals surface area contributed by atoms with Crippen molar-refractivity contribution in [2.75, 3.05) is 0 Å². The van der Waals surface area contributed by atoms with Crippen molar-refractivity contribution in [2.24, 2.45) is 0 Å². The van der Waals surface area contributed by atoms with E-state index < -0.39 is 17.7 Å². The highest BCUT2D eigenvalue weighted by molar-refractivity contribution is 5.76. The average molecular weight is 300 g/mol. The number of carbonyl (C=O) groups excluding carboxylic acids is 1. The van der Waals surface area contributed by atoms with Crippen LogP contribution in [0.4, 0.5) is 17.6 Å². The third kappa shape index (κ3) is 2.96. The van der Waals surface area contributed by atoms with Gasteiger partial charge in [0.15, 0.2) is 5.69 Å². The van der Waals surface area contributed by atoms with Gasteiger partial charge in [-0.3, -0.25) is 4.79 Å². The molecule has 0 saturated carbocycles. The van der Waals surface area contributed by atoms with Crippen molar-refractivity contribution in [1.82, 2.24) is 9.55 Å². The lowest BCUT2D eigenvalue weighted by atomic mass is 10.1. The first-order valence-electron chi connectivity index (χ1n) is 6.15. The number of nitrogens with zero attached hydrogens (tertiary/aromatic N) is 2. The third-order valence-electron chi connectivity index (χ3n) is 2.95. The normalized spacial score (nSPS) is 12.0. The Kier molecular flexibility index (Phi) is 3.85. The molecule has 1 heterocycles. The predicted molar refractivity (Wildman–Crippen MR) is 68.4 cm³/mol. The summed E-state index contributed by atoms with van der Waals surface area (Å²) < 4.78 is 53.5. The van der Waals surface area contributed by atoms with Crippen LogP contribution in [0.15, 0.2) is 24.4 Å². The van der Waals surface area contributed by atoms with Gasteiger partial charge in [-0.25, -0.2) is 9.37 Å². The van der Waals surface area contributed by atoms with E-state index in [2.05, 4.69) is 4.98 Å². The highest BCUT2D eigenvalue weighted by atomic mass is 19.4. The number of hydrogen-bond acceptors (Lipinski definition) is 2. The standard InChI is InChI=1S/C14H12F4N2O/c1-8(2)20-6-12(14(16,17)18)19-13(20)10-4-3-9(7-21)5-11(10)15/h3-8H,1-2H3. The van der Waals surface area contributed by atoms with Gasteiger partial charge >= 0.3 is 6.18 Å². The van der Waals surface area contributed by atoms with E-state index >= 15 is 0 Å². The molecule has 0 fully saturated rings. The molecule has 0 unspecified atom stereocenters. The van der Waals surface area contributed by atoms with Crippen LogP contribution in [-0.2, 0) is 6.18 Å². The van der Waals surface area contributed by atoms with Gasteiger partial charge in [-0.05, 0) is 26.0 Å². The molecule has 0 saturated heterocycles. The summed E-state index contributed by atoms with van der Waals surface area (Å²) in [5.41, 5.74) is -1.05. The zero-order valence-electron chi connectivity index (χ0n) is 11.3. The van der Waals surface area contributed by atoms with Crippen molar-refractivity contribution < 1.29 is 22.4 Å². The lowest BCUT2D eigenvalue weighted by Crippen LogP contribution is -2.05. The largest absolute Gasteiger partial charge is 0.434 e. The van der Waals surface area contributed by atoms with Crippen LogP contribution < -0.4 is 0 Å². The van der Waals surface area contributed by atoms with Gasteiger partial charge in [0.1, 0.15) is 17.9 Å². The van der Waals surface area contributed by atoms with Gasteiger partial charge in [-0.15, -0.1) is 0 Å². The molecule has 112 valence electrons. The summed E-state index contributed by atoms with van der Waals surface area (Å²) in [4.78, 5) is 14.1. The zero-order chi connectivity index (χ0) is 15.8. The first-order chi connectivity index (χ1) is 9.74. The minimum Gasteiger partial charge on any atom is -0.328 e. The minimum atomic E-state index is -4.60. The van der Waals surface area contributed by atoms with Gasteiger partial charge in [0, 0.05) is 17.8 Å². The Labute approximate surface area is 118 Å². The number of aldehydes is 1. The Morgan fingerprint density at radius 3 is 2.43 bits per heavy atom. The maximum Gasteiger partial charge on any atom is 0.434 e. The second kappa shape index (κ2) is 5.31. The fourth-order valence-electron chi connectivity index (χ4n) is 1.91. The van der Waals surface area contributed by atoms with Gasteiger partial charge in [0.2, 0.25) is 0 Å². The van der Waals surface area contributed by atoms with Gasteiger partial charge in [-0.2, -0.15) is 13.2 Å². The van der Waals surface area contributed by atoms with Gasteiger partial charge in [-0.1, -0.05) is 6.07 Å². The lowest BCUT2D eigenvalue weighted by molar-refractivity contribution is -0.140. The average Bonchev–Trinajstić information content (AvgIpc) is 2.83. The molecule has 1 aromatic heterocycles. The van der Waals surface area contributed by atoms with Crippen LogP contribution >= 0.6 is 0 Å². The molecule has 0 atom stereocenters. The zero-order valence-corrected chi connectivity index (χ0v) is 11.3. The summed E-state index contributed by atoms with van der Waals surface area (Å²) in [6.07, 6.45) is -3.29. The van der Waals surface area contributed by atoms with Crippen molar-refractivity contribution in [2.45, 2.75) is 26.1 Å². The van der Waals surface area contributed by atoms with Crippen molar-refractivity contribution in [3.63, 3.8) is 0 Å². The Hall–Kier alpha value is -2.18. The lowest BCUT2D eigenvalue weighted by Gasteiger charge is -2.11. The molecule has 0 aliphatic heterocycles. The van der Waals surface area contributed by atoms with E-state index in [-0.39, 0.29) is 23.0 Å². The molecule has 0 aliphatic carbocycles. The summed E-state index contributed by atoms with van der Waals surface area (Å²) >= 11 is 0. The summed E-state index contributed by atoms with van der Waals surface area (Å²) in [7, 11) is 0. The molecule has 2 aromatic rings. The number of alkyl halides is 3. The Balaban J connectivity index is 2.62. The predicted octanol–water partition coefficient (Wildman–Crippen LogP) is 4.10. The molecule has 0 N–H and O–H groups in total.